The molecular weight excluding hydrogens is 164 g/mol. The first-order valence-corrected chi connectivity index (χ1v) is 8.61. The van der Waals surface area contributed by atoms with Crippen molar-refractivity contribution in [2.45, 2.75) is 57.8 Å². The maximum atomic E-state index is 6.13. The van der Waals surface area contributed by atoms with Crippen molar-refractivity contribution in [2.75, 3.05) is 0 Å². The van der Waals surface area contributed by atoms with Gasteiger partial charge in [-0.05, 0) is 44.3 Å². The Bertz CT molecular complexity index is 177. The lowest BCUT2D eigenvalue weighted by atomic mass is 10.1. The fourth-order valence-corrected chi connectivity index (χ4v) is 3.70. The van der Waals surface area contributed by atoms with Crippen molar-refractivity contribution in [3.05, 3.63) is 0 Å². The van der Waals surface area contributed by atoms with Gasteiger partial charge in [0, 0.05) is 0 Å². The van der Waals surface area contributed by atoms with E-state index in [1.165, 1.54) is 32.1 Å². The summed E-state index contributed by atoms with van der Waals surface area (Å²) in [5, 5.41) is 0. The van der Waals surface area contributed by atoms with Crippen LogP contribution in [0.4, 0.5) is 0 Å². The van der Waals surface area contributed by atoms with E-state index in [0.29, 0.717) is 11.5 Å². The zero-order chi connectivity index (χ0) is 8.82. The van der Waals surface area contributed by atoms with Crippen LogP contribution in [0.25, 0.3) is 0 Å². The minimum atomic E-state index is -1.25. The van der Waals surface area contributed by atoms with E-state index in [1.54, 1.807) is 0 Å². The molecule has 0 saturated heterocycles. The monoisotopic (exact) mass is 184 g/mol. The summed E-state index contributed by atoms with van der Waals surface area (Å²) < 4.78 is 6.13. The van der Waals surface area contributed by atoms with E-state index in [0.717, 1.165) is 0 Å². The number of hydrogen-bond donors (Lipinski definition) is 0. The molecule has 1 spiro atoms. The molecule has 0 aromatic carbocycles. The van der Waals surface area contributed by atoms with Gasteiger partial charge in [-0.25, -0.2) is 0 Å². The largest absolute Gasteiger partial charge is 0.414 e. The van der Waals surface area contributed by atoms with Gasteiger partial charge in [0.2, 0.25) is 0 Å². The molecule has 0 aromatic heterocycles. The van der Waals surface area contributed by atoms with E-state index in [2.05, 4.69) is 19.6 Å². The molecule has 12 heavy (non-hydrogen) atoms. The normalized spacial score (nSPS) is 32.8. The predicted molar refractivity (Wildman–Crippen MR) is 53.7 cm³/mol. The number of rotatable bonds is 2. The Labute approximate surface area is 76.6 Å². The van der Waals surface area contributed by atoms with Gasteiger partial charge in [0.1, 0.15) is 0 Å². The van der Waals surface area contributed by atoms with Gasteiger partial charge in [-0.15, -0.1) is 0 Å². The standard InChI is InChI=1S/C10H20OSi/c1-12(2,3)11-9-8-10(9)6-4-5-7-10/h9H,4-8H2,1-3H3. The summed E-state index contributed by atoms with van der Waals surface area (Å²) in [5.41, 5.74) is 0.681. The molecule has 2 fully saturated rings. The van der Waals surface area contributed by atoms with E-state index in [-0.39, 0.29) is 0 Å². The lowest BCUT2D eigenvalue weighted by molar-refractivity contribution is 0.238. The van der Waals surface area contributed by atoms with Crippen molar-refractivity contribution in [3.63, 3.8) is 0 Å². The highest BCUT2D eigenvalue weighted by Crippen LogP contribution is 2.60. The Balaban J connectivity index is 1.87. The van der Waals surface area contributed by atoms with E-state index in [4.69, 9.17) is 4.43 Å². The summed E-state index contributed by atoms with van der Waals surface area (Å²) in [4.78, 5) is 0. The summed E-state index contributed by atoms with van der Waals surface area (Å²) in [7, 11) is -1.25. The molecule has 0 amide bonds. The molecule has 0 heterocycles. The van der Waals surface area contributed by atoms with Gasteiger partial charge in [-0.1, -0.05) is 12.8 Å². The molecule has 0 N–H and O–H groups in total. The third kappa shape index (κ3) is 1.60. The van der Waals surface area contributed by atoms with E-state index < -0.39 is 8.32 Å². The Morgan fingerprint density at radius 1 is 1.17 bits per heavy atom. The second-order valence-corrected chi connectivity index (χ2v) is 9.95. The molecule has 70 valence electrons. The molecule has 0 aromatic rings. The van der Waals surface area contributed by atoms with Crippen molar-refractivity contribution in [1.82, 2.24) is 0 Å². The zero-order valence-corrected chi connectivity index (χ0v) is 9.52. The highest BCUT2D eigenvalue weighted by molar-refractivity contribution is 6.69. The molecule has 2 aliphatic carbocycles. The minimum Gasteiger partial charge on any atom is -0.414 e. The molecule has 0 aliphatic heterocycles. The first-order chi connectivity index (χ1) is 5.52. The van der Waals surface area contributed by atoms with E-state index >= 15 is 0 Å². The maximum Gasteiger partial charge on any atom is 0.184 e. The van der Waals surface area contributed by atoms with E-state index in [9.17, 15) is 0 Å². The molecule has 0 bridgehead atoms. The summed E-state index contributed by atoms with van der Waals surface area (Å²) in [5.74, 6) is 0. The van der Waals surface area contributed by atoms with Crippen molar-refractivity contribution in [3.8, 4) is 0 Å². The smallest absolute Gasteiger partial charge is 0.184 e. The first kappa shape index (κ1) is 8.76. The van der Waals surface area contributed by atoms with Crippen LogP contribution in [0, 0.1) is 5.41 Å². The van der Waals surface area contributed by atoms with Crippen molar-refractivity contribution < 1.29 is 4.43 Å². The molecule has 0 radical (unpaired) electrons. The summed E-state index contributed by atoms with van der Waals surface area (Å²) in [6, 6.07) is 0. The van der Waals surface area contributed by atoms with Gasteiger partial charge in [0.05, 0.1) is 6.10 Å². The fraction of sp³-hybridized carbons (Fsp3) is 1.00. The Hall–Kier alpha value is 0.177. The predicted octanol–water partition coefficient (Wildman–Crippen LogP) is 3.17. The van der Waals surface area contributed by atoms with Gasteiger partial charge >= 0.3 is 0 Å². The van der Waals surface area contributed by atoms with Crippen LogP contribution in [-0.2, 0) is 4.43 Å². The molecule has 2 aliphatic rings. The maximum absolute atomic E-state index is 6.13. The Morgan fingerprint density at radius 3 is 2.25 bits per heavy atom. The van der Waals surface area contributed by atoms with Gasteiger partial charge in [0.25, 0.3) is 0 Å². The van der Waals surface area contributed by atoms with Gasteiger partial charge in [-0.2, -0.15) is 0 Å². The lowest BCUT2D eigenvalue weighted by Crippen LogP contribution is -2.28. The average molecular weight is 184 g/mol. The molecule has 1 atom stereocenters. The molecule has 1 unspecified atom stereocenters. The van der Waals surface area contributed by atoms with Crippen LogP contribution >= 0.6 is 0 Å². The van der Waals surface area contributed by atoms with E-state index in [1.807, 2.05) is 0 Å². The van der Waals surface area contributed by atoms with Crippen LogP contribution in [0.1, 0.15) is 32.1 Å². The van der Waals surface area contributed by atoms with Gasteiger partial charge < -0.3 is 4.43 Å². The minimum absolute atomic E-state index is 0.659. The van der Waals surface area contributed by atoms with Crippen LogP contribution < -0.4 is 0 Å². The Kier molecular flexibility index (Phi) is 1.88. The van der Waals surface area contributed by atoms with Crippen molar-refractivity contribution in [1.29, 1.82) is 0 Å². The quantitative estimate of drug-likeness (QED) is 0.599. The number of hydrogen-bond acceptors (Lipinski definition) is 1. The van der Waals surface area contributed by atoms with Crippen LogP contribution in [0.15, 0.2) is 0 Å². The van der Waals surface area contributed by atoms with Crippen LogP contribution in [0.2, 0.25) is 19.6 Å². The molecule has 1 nitrogen and oxygen atoms in total. The Morgan fingerprint density at radius 2 is 1.75 bits per heavy atom. The molecule has 2 heteroatoms. The van der Waals surface area contributed by atoms with Crippen LogP contribution in [0.5, 0.6) is 0 Å². The lowest BCUT2D eigenvalue weighted by Gasteiger charge is -2.19. The third-order valence-electron chi connectivity index (χ3n) is 3.21. The second-order valence-electron chi connectivity index (χ2n) is 5.49. The van der Waals surface area contributed by atoms with Gasteiger partial charge in [0.15, 0.2) is 8.32 Å². The average Bonchev–Trinajstić information content (AvgIpc) is 2.42. The van der Waals surface area contributed by atoms with Crippen molar-refractivity contribution in [2.24, 2.45) is 5.41 Å². The molecule has 2 rings (SSSR count). The third-order valence-corrected chi connectivity index (χ3v) is 4.20. The van der Waals surface area contributed by atoms with Crippen LogP contribution in [-0.4, -0.2) is 14.4 Å². The van der Waals surface area contributed by atoms with Crippen LogP contribution in [0.3, 0.4) is 0 Å². The topological polar surface area (TPSA) is 9.23 Å². The summed E-state index contributed by atoms with van der Waals surface area (Å²) in [6.45, 7) is 6.90. The highest BCUT2D eigenvalue weighted by Gasteiger charge is 2.56. The fourth-order valence-electron chi connectivity index (χ4n) is 2.51. The first-order valence-electron chi connectivity index (χ1n) is 5.20. The SMILES string of the molecule is C[Si](C)(C)OC1CC12CCCC2. The second kappa shape index (κ2) is 2.58. The van der Waals surface area contributed by atoms with Gasteiger partial charge in [-0.3, -0.25) is 0 Å². The highest BCUT2D eigenvalue weighted by atomic mass is 28.4. The molecular formula is C10H20OSi. The molecule has 2 saturated carbocycles. The summed E-state index contributed by atoms with van der Waals surface area (Å²) in [6.07, 6.45) is 7.82. The van der Waals surface area contributed by atoms with Crippen molar-refractivity contribution >= 4 is 8.32 Å². The zero-order valence-electron chi connectivity index (χ0n) is 8.52. The summed E-state index contributed by atoms with van der Waals surface area (Å²) >= 11 is 0.